The van der Waals surface area contributed by atoms with Crippen LogP contribution in [0.2, 0.25) is 0 Å². The zero-order chi connectivity index (χ0) is 22.1. The number of carbonyl (C=O) groups is 1. The lowest BCUT2D eigenvalue weighted by Crippen LogP contribution is -2.27. The largest absolute Gasteiger partial charge is 0.445 e. The molecule has 2 aromatic rings. The highest BCUT2D eigenvalue weighted by atomic mass is 32.1. The summed E-state index contributed by atoms with van der Waals surface area (Å²) in [6, 6.07) is 7.56. The van der Waals surface area contributed by atoms with Crippen LogP contribution in [0.1, 0.15) is 46.9 Å². The van der Waals surface area contributed by atoms with Crippen LogP contribution in [0.5, 0.6) is 0 Å². The number of nitrogens with zero attached hydrogens (tertiary/aromatic N) is 4. The molecule has 30 heavy (non-hydrogen) atoms. The van der Waals surface area contributed by atoms with E-state index < -0.39 is 52.8 Å². The van der Waals surface area contributed by atoms with Gasteiger partial charge < -0.3 is 0 Å². The van der Waals surface area contributed by atoms with E-state index in [1.54, 1.807) is 0 Å². The minimum atomic E-state index is -4.73. The van der Waals surface area contributed by atoms with Crippen molar-refractivity contribution in [2.45, 2.75) is 37.3 Å². The topological polar surface area (TPSA) is 102 Å². The highest BCUT2D eigenvalue weighted by molar-refractivity contribution is 7.15. The Bertz CT molecular complexity index is 1050. The summed E-state index contributed by atoms with van der Waals surface area (Å²) in [6.07, 6.45) is -5.74. The first-order chi connectivity index (χ1) is 14.0. The van der Waals surface area contributed by atoms with Crippen LogP contribution >= 0.6 is 11.3 Å². The molecule has 0 radical (unpaired) electrons. The number of hydrogen-bond acceptors (Lipinski definition) is 6. The molecule has 0 saturated heterocycles. The molecule has 1 aliphatic rings. The number of rotatable bonds is 4. The van der Waals surface area contributed by atoms with E-state index in [4.69, 9.17) is 5.26 Å². The maximum absolute atomic E-state index is 13.8. The SMILES string of the molecule is N#Cc1ccc(C(C(=O)Nc2nnc(C(F)(F)F)s2)C2CCC(F)(F)C2)cc1C#N. The third-order valence-corrected chi connectivity index (χ3v) is 5.62. The van der Waals surface area contributed by atoms with Crippen molar-refractivity contribution in [1.29, 1.82) is 10.5 Å². The van der Waals surface area contributed by atoms with Crippen molar-refractivity contribution in [3.63, 3.8) is 0 Å². The van der Waals surface area contributed by atoms with Crippen LogP contribution in [-0.4, -0.2) is 22.0 Å². The van der Waals surface area contributed by atoms with Crippen LogP contribution in [0.25, 0.3) is 0 Å². The highest BCUT2D eigenvalue weighted by Crippen LogP contribution is 2.46. The molecular weight excluding hydrogens is 429 g/mol. The average Bonchev–Trinajstić information content (AvgIpc) is 3.28. The fourth-order valence-corrected chi connectivity index (χ4v) is 4.04. The van der Waals surface area contributed by atoms with Crippen molar-refractivity contribution in [3.05, 3.63) is 39.9 Å². The molecule has 0 spiro atoms. The smallest absolute Gasteiger partial charge is 0.300 e. The Morgan fingerprint density at radius 3 is 2.47 bits per heavy atom. The first-order valence-corrected chi connectivity index (χ1v) is 9.39. The van der Waals surface area contributed by atoms with Crippen LogP contribution in [0, 0.1) is 28.6 Å². The molecule has 1 aromatic heterocycles. The van der Waals surface area contributed by atoms with Gasteiger partial charge in [0.05, 0.1) is 17.0 Å². The lowest BCUT2D eigenvalue weighted by molar-refractivity contribution is -0.138. The van der Waals surface area contributed by atoms with E-state index in [9.17, 15) is 32.0 Å². The van der Waals surface area contributed by atoms with Gasteiger partial charge in [0.1, 0.15) is 12.1 Å². The highest BCUT2D eigenvalue weighted by Gasteiger charge is 2.45. The molecule has 0 aliphatic heterocycles. The summed E-state index contributed by atoms with van der Waals surface area (Å²) in [5, 5.41) is 25.1. The Kier molecular flexibility index (Phi) is 5.72. The van der Waals surface area contributed by atoms with Gasteiger partial charge in [0.2, 0.25) is 22.0 Å². The molecule has 3 rings (SSSR count). The summed E-state index contributed by atoms with van der Waals surface area (Å²) in [4.78, 5) is 12.9. The van der Waals surface area contributed by atoms with Crippen LogP contribution < -0.4 is 5.32 Å². The van der Waals surface area contributed by atoms with Crippen molar-refractivity contribution in [1.82, 2.24) is 10.2 Å². The molecule has 1 amide bonds. The van der Waals surface area contributed by atoms with Gasteiger partial charge in [0.25, 0.3) is 0 Å². The maximum atomic E-state index is 13.8. The first kappa shape index (κ1) is 21.6. The molecule has 2 unspecified atom stereocenters. The van der Waals surface area contributed by atoms with Gasteiger partial charge >= 0.3 is 6.18 Å². The predicted octanol–water partition coefficient (Wildman–Crippen LogP) is 4.46. The third-order valence-electron chi connectivity index (χ3n) is 4.74. The number of aromatic nitrogens is 2. The zero-order valence-corrected chi connectivity index (χ0v) is 15.8. The average molecular weight is 441 g/mol. The van der Waals surface area contributed by atoms with Gasteiger partial charge in [-0.15, -0.1) is 10.2 Å². The second-order valence-corrected chi connectivity index (χ2v) is 7.74. The molecule has 12 heteroatoms. The number of nitriles is 2. The standard InChI is InChI=1S/C18H12F5N5OS/c19-17(20)4-3-10(6-17)13(9-1-2-11(7-24)12(5-9)8-25)14(29)26-16-28-27-15(30-16)18(21,22)23/h1-2,5,10,13H,3-4,6H2,(H,26,28,29). The molecule has 1 N–H and O–H groups in total. The Labute approximate surface area is 171 Å². The summed E-state index contributed by atoms with van der Waals surface area (Å²) >= 11 is 0.114. The molecule has 2 atom stereocenters. The number of hydrogen-bond donors (Lipinski definition) is 1. The van der Waals surface area contributed by atoms with Gasteiger partial charge in [0.15, 0.2) is 0 Å². The molecule has 1 aliphatic carbocycles. The monoisotopic (exact) mass is 441 g/mol. The van der Waals surface area contributed by atoms with Crippen molar-refractivity contribution in [3.8, 4) is 12.1 Å². The zero-order valence-electron chi connectivity index (χ0n) is 15.0. The van der Waals surface area contributed by atoms with Crippen LogP contribution in [0.15, 0.2) is 18.2 Å². The quantitative estimate of drug-likeness (QED) is 0.706. The van der Waals surface area contributed by atoms with E-state index in [1.165, 1.54) is 18.2 Å². The molecule has 1 saturated carbocycles. The summed E-state index contributed by atoms with van der Waals surface area (Å²) in [5.74, 6) is -5.79. The number of amides is 1. The number of benzene rings is 1. The number of nitrogens with one attached hydrogen (secondary N) is 1. The van der Waals surface area contributed by atoms with Gasteiger partial charge in [-0.3, -0.25) is 10.1 Å². The summed E-state index contributed by atoms with van der Waals surface area (Å²) in [7, 11) is 0. The molecule has 6 nitrogen and oxygen atoms in total. The number of halogens is 5. The van der Waals surface area contributed by atoms with Crippen molar-refractivity contribution >= 4 is 22.4 Å². The van der Waals surface area contributed by atoms with Gasteiger partial charge in [-0.2, -0.15) is 23.7 Å². The van der Waals surface area contributed by atoms with E-state index in [0.29, 0.717) is 0 Å². The second-order valence-electron chi connectivity index (χ2n) is 6.76. The van der Waals surface area contributed by atoms with E-state index in [2.05, 4.69) is 15.5 Å². The second kappa shape index (κ2) is 7.95. The summed E-state index contributed by atoms with van der Waals surface area (Å²) in [5.41, 5.74) is 0.232. The van der Waals surface area contributed by atoms with E-state index in [1.807, 2.05) is 12.1 Å². The van der Waals surface area contributed by atoms with Crippen LogP contribution in [0.4, 0.5) is 27.1 Å². The lowest BCUT2D eigenvalue weighted by atomic mass is 9.83. The van der Waals surface area contributed by atoms with Crippen molar-refractivity contribution < 1.29 is 26.7 Å². The number of alkyl halides is 5. The summed E-state index contributed by atoms with van der Waals surface area (Å²) < 4.78 is 65.7. The van der Waals surface area contributed by atoms with Gasteiger partial charge in [-0.05, 0) is 30.0 Å². The Morgan fingerprint density at radius 2 is 1.93 bits per heavy atom. The van der Waals surface area contributed by atoms with Crippen molar-refractivity contribution in [2.24, 2.45) is 5.92 Å². The lowest BCUT2D eigenvalue weighted by Gasteiger charge is -2.23. The molecule has 1 heterocycles. The minimum absolute atomic E-state index is 0.0108. The maximum Gasteiger partial charge on any atom is 0.445 e. The Hall–Kier alpha value is -3.12. The normalized spacial score (nSPS) is 19.0. The van der Waals surface area contributed by atoms with Gasteiger partial charge in [0, 0.05) is 12.8 Å². The third kappa shape index (κ3) is 4.54. The van der Waals surface area contributed by atoms with E-state index in [0.717, 1.165) is 0 Å². The molecule has 1 aromatic carbocycles. The molecule has 156 valence electrons. The Balaban J connectivity index is 1.94. The van der Waals surface area contributed by atoms with Gasteiger partial charge in [-0.1, -0.05) is 17.4 Å². The fraction of sp³-hybridized carbons (Fsp3) is 0.389. The van der Waals surface area contributed by atoms with Crippen molar-refractivity contribution in [2.75, 3.05) is 5.32 Å². The van der Waals surface area contributed by atoms with E-state index >= 15 is 0 Å². The minimum Gasteiger partial charge on any atom is -0.300 e. The van der Waals surface area contributed by atoms with E-state index in [-0.39, 0.29) is 34.4 Å². The predicted molar refractivity (Wildman–Crippen MR) is 94.4 cm³/mol. The number of anilines is 1. The molecular formula is C18H12F5N5OS. The molecule has 1 fully saturated rings. The van der Waals surface area contributed by atoms with Gasteiger partial charge in [-0.25, -0.2) is 8.78 Å². The summed E-state index contributed by atoms with van der Waals surface area (Å²) in [6.45, 7) is 0. The Morgan fingerprint density at radius 1 is 1.23 bits per heavy atom. The number of carbonyl (C=O) groups excluding carboxylic acids is 1. The molecule has 0 bridgehead atoms. The first-order valence-electron chi connectivity index (χ1n) is 8.57. The fourth-order valence-electron chi connectivity index (χ4n) is 3.42. The van der Waals surface area contributed by atoms with Crippen LogP contribution in [-0.2, 0) is 11.0 Å². The van der Waals surface area contributed by atoms with Crippen LogP contribution in [0.3, 0.4) is 0 Å².